The number of carbonyl (C=O) groups is 1. The van der Waals surface area contributed by atoms with E-state index in [2.05, 4.69) is 0 Å². The lowest BCUT2D eigenvalue weighted by Gasteiger charge is -2.28. The van der Waals surface area contributed by atoms with Gasteiger partial charge in [0, 0.05) is 5.97 Å². The minimum atomic E-state index is -1.05. The molecule has 0 bridgehead atoms. The van der Waals surface area contributed by atoms with Gasteiger partial charge in [0.25, 0.3) is 0 Å². The van der Waals surface area contributed by atoms with Crippen LogP contribution in [0.3, 0.4) is 0 Å². The maximum absolute atomic E-state index is 10.6. The molecule has 0 unspecified atom stereocenters. The molecular weight excluding hydrogens is 588 g/mol. The molecule has 45 heavy (non-hydrogen) atoms. The number of carboxylic acid groups (broad SMARTS) is 1. The molecule has 1 rings (SSSR count). The molecule has 0 heterocycles. The van der Waals surface area contributed by atoms with E-state index in [1.165, 1.54) is 0 Å². The maximum atomic E-state index is 10.6. The van der Waals surface area contributed by atoms with Crippen LogP contribution in [0.2, 0.25) is 0 Å². The summed E-state index contributed by atoms with van der Waals surface area (Å²) in [4.78, 5) is 10.6. The Balaban J connectivity index is 0.000000880. The summed E-state index contributed by atoms with van der Waals surface area (Å²) in [5.41, 5.74) is 2.27. The number of carboxylic acids is 1. The highest BCUT2D eigenvalue weighted by Crippen LogP contribution is 2.39. The van der Waals surface area contributed by atoms with Gasteiger partial charge in [0.15, 0.2) is 0 Å². The van der Waals surface area contributed by atoms with Gasteiger partial charge in [-0.2, -0.15) is 0 Å². The maximum Gasteiger partial charge on any atom is 0.123 e. The topological polar surface area (TPSA) is 165 Å². The van der Waals surface area contributed by atoms with Gasteiger partial charge in [-0.15, -0.1) is 0 Å². The van der Waals surface area contributed by atoms with E-state index in [-0.39, 0.29) is 30.5 Å². The van der Waals surface area contributed by atoms with Crippen LogP contribution in [0, 0.1) is 0 Å². The molecule has 0 aliphatic rings. The zero-order chi connectivity index (χ0) is 34.0. The average Bonchev–Trinajstić information content (AvgIpc) is 2.96. The fourth-order valence-corrected chi connectivity index (χ4v) is 3.78. The Hall–Kier alpha value is -1.87. The van der Waals surface area contributed by atoms with Gasteiger partial charge in [-0.1, -0.05) is 53.7 Å². The zero-order valence-electron chi connectivity index (χ0n) is 28.4. The van der Waals surface area contributed by atoms with Crippen molar-refractivity contribution in [1.82, 2.24) is 0 Å². The number of phenols is 1. The van der Waals surface area contributed by atoms with Crippen molar-refractivity contribution in [2.45, 2.75) is 65.2 Å². The Morgan fingerprint density at radius 3 is 1.07 bits per heavy atom. The second-order valence-corrected chi connectivity index (χ2v) is 12.1. The van der Waals surface area contributed by atoms with Crippen molar-refractivity contribution in [2.75, 3.05) is 106 Å². The molecule has 12 heteroatoms. The van der Waals surface area contributed by atoms with Crippen molar-refractivity contribution in [1.29, 1.82) is 0 Å². The number of ether oxygens (including phenoxy) is 7. The van der Waals surface area contributed by atoms with Gasteiger partial charge in [-0.25, -0.2) is 0 Å². The van der Waals surface area contributed by atoms with Gasteiger partial charge in [-0.05, 0) is 40.4 Å². The molecule has 0 aliphatic carbocycles. The van der Waals surface area contributed by atoms with E-state index in [9.17, 15) is 15.0 Å². The molecule has 12 nitrogen and oxygen atoms in total. The summed E-state index contributed by atoms with van der Waals surface area (Å²) in [5.74, 6) is -0.727. The second kappa shape index (κ2) is 26.2. The number of aliphatic carboxylic acids is 1. The van der Waals surface area contributed by atoms with Crippen molar-refractivity contribution in [3.8, 4) is 5.75 Å². The highest BCUT2D eigenvalue weighted by atomic mass is 16.6. The largest absolute Gasteiger partial charge is 0.550 e. The van der Waals surface area contributed by atoms with E-state index < -0.39 is 5.97 Å². The predicted octanol–water partition coefficient (Wildman–Crippen LogP) is 1.76. The van der Waals surface area contributed by atoms with Crippen LogP contribution in [-0.4, -0.2) is 127 Å². The summed E-state index contributed by atoms with van der Waals surface area (Å²) in [5, 5.41) is 38.2. The van der Waals surface area contributed by atoms with Crippen molar-refractivity contribution < 1.29 is 58.4 Å². The molecule has 0 aromatic heterocycles. The molecule has 1 aromatic carbocycles. The van der Waals surface area contributed by atoms with Crippen molar-refractivity contribution in [3.63, 3.8) is 0 Å². The number of benzene rings is 1. The Bertz CT molecular complexity index is 807. The van der Waals surface area contributed by atoms with Gasteiger partial charge in [0.1, 0.15) is 5.75 Å². The minimum absolute atomic E-state index is 0.00204. The molecule has 0 amide bonds. The van der Waals surface area contributed by atoms with Crippen LogP contribution >= 0.6 is 0 Å². The fraction of sp³-hybridized carbons (Fsp3) is 0.788. The number of aromatic hydroxyl groups is 1. The van der Waals surface area contributed by atoms with Crippen LogP contribution < -0.4 is 5.11 Å². The molecule has 0 radical (unpaired) electrons. The lowest BCUT2D eigenvalue weighted by atomic mass is 9.78. The Labute approximate surface area is 269 Å². The van der Waals surface area contributed by atoms with Gasteiger partial charge in [0.2, 0.25) is 0 Å². The van der Waals surface area contributed by atoms with Gasteiger partial charge < -0.3 is 58.4 Å². The van der Waals surface area contributed by atoms with Crippen molar-refractivity contribution in [3.05, 3.63) is 28.8 Å². The number of hydrogen-bond donors (Lipinski definition) is 3. The first-order valence-corrected chi connectivity index (χ1v) is 15.7. The lowest BCUT2D eigenvalue weighted by Crippen LogP contribution is -2.23. The highest BCUT2D eigenvalue weighted by molar-refractivity contribution is 5.64. The third-order valence-corrected chi connectivity index (χ3v) is 6.11. The lowest BCUT2D eigenvalue weighted by molar-refractivity contribution is -0.305. The summed E-state index contributed by atoms with van der Waals surface area (Å²) in [6.07, 6.45) is 0.423. The minimum Gasteiger partial charge on any atom is -0.550 e. The average molecular weight is 648 g/mol. The van der Waals surface area contributed by atoms with Crippen LogP contribution in [0.1, 0.15) is 64.7 Å². The quantitative estimate of drug-likeness (QED) is 0.132. The Kier molecular flexibility index (Phi) is 25.1. The summed E-state index contributed by atoms with van der Waals surface area (Å²) in [6.45, 7) is 19.0. The van der Waals surface area contributed by atoms with Crippen LogP contribution in [0.5, 0.6) is 5.75 Å². The Morgan fingerprint density at radius 2 is 0.844 bits per heavy atom. The van der Waals surface area contributed by atoms with E-state index in [0.29, 0.717) is 105 Å². The smallest absolute Gasteiger partial charge is 0.123 e. The van der Waals surface area contributed by atoms with Crippen LogP contribution in [0.25, 0.3) is 0 Å². The first-order valence-electron chi connectivity index (χ1n) is 15.7. The number of carbonyl (C=O) groups excluding carboxylic acids is 1. The molecule has 0 fully saturated rings. The zero-order valence-corrected chi connectivity index (χ0v) is 28.4. The second-order valence-electron chi connectivity index (χ2n) is 12.1. The number of hydrogen-bond acceptors (Lipinski definition) is 12. The van der Waals surface area contributed by atoms with Crippen LogP contribution in [0.4, 0.5) is 0 Å². The SMILES string of the molecule is CC(C)(C)c1cc(CCC(=O)[O-])cc(C(C)(C)C)c1O.OCCOCCOCCOCCOCCOCCOCCOCCO. The molecule has 1 aromatic rings. The van der Waals surface area contributed by atoms with E-state index >= 15 is 0 Å². The first-order chi connectivity index (χ1) is 21.3. The molecule has 0 aliphatic heterocycles. The highest BCUT2D eigenvalue weighted by Gasteiger charge is 2.26. The standard InChI is InChI=1S/C17H26O3.C16H34O9/c1-16(2,3)12-9-11(7-8-14(18)19)10-13(15(12)20)17(4,5)6;17-1-3-19-5-7-21-9-11-23-13-15-25-16-14-24-12-10-22-8-6-20-4-2-18/h9-10,20H,7-8H2,1-6H3,(H,18,19);17-18H,1-16H2/p-1. The van der Waals surface area contributed by atoms with E-state index in [1.54, 1.807) is 0 Å². The molecule has 0 saturated carbocycles. The monoisotopic (exact) mass is 647 g/mol. The molecule has 0 atom stereocenters. The molecule has 3 N–H and O–H groups in total. The number of phenolic OH excluding ortho intramolecular Hbond substituents is 1. The van der Waals surface area contributed by atoms with Crippen molar-refractivity contribution >= 4 is 5.97 Å². The summed E-state index contributed by atoms with van der Waals surface area (Å²) >= 11 is 0. The molecule has 0 saturated heterocycles. The Morgan fingerprint density at radius 1 is 0.578 bits per heavy atom. The number of aliphatic hydroxyl groups excluding tert-OH is 2. The van der Waals surface area contributed by atoms with E-state index in [1.807, 2.05) is 53.7 Å². The normalized spacial score (nSPS) is 11.8. The summed E-state index contributed by atoms with van der Waals surface area (Å²) in [6, 6.07) is 3.82. The summed E-state index contributed by atoms with van der Waals surface area (Å²) < 4.78 is 36.7. The molecular formula is C33H59O12-. The first kappa shape index (κ1) is 43.1. The van der Waals surface area contributed by atoms with Gasteiger partial charge in [-0.3, -0.25) is 0 Å². The van der Waals surface area contributed by atoms with Crippen molar-refractivity contribution in [2.24, 2.45) is 0 Å². The van der Waals surface area contributed by atoms with Crippen LogP contribution in [0.15, 0.2) is 12.1 Å². The fourth-order valence-electron chi connectivity index (χ4n) is 3.78. The molecule has 0 spiro atoms. The van der Waals surface area contributed by atoms with Gasteiger partial charge >= 0.3 is 0 Å². The molecule has 264 valence electrons. The van der Waals surface area contributed by atoms with E-state index in [4.69, 9.17) is 43.4 Å². The summed E-state index contributed by atoms with van der Waals surface area (Å²) in [7, 11) is 0. The number of rotatable bonds is 25. The van der Waals surface area contributed by atoms with Crippen LogP contribution in [-0.2, 0) is 55.2 Å². The third-order valence-electron chi connectivity index (χ3n) is 6.11. The third kappa shape index (κ3) is 24.0. The number of aryl methyl sites for hydroxylation is 1. The predicted molar refractivity (Wildman–Crippen MR) is 169 cm³/mol. The van der Waals surface area contributed by atoms with E-state index in [0.717, 1.165) is 16.7 Å². The van der Waals surface area contributed by atoms with Gasteiger partial charge in [0.05, 0.1) is 106 Å². The number of aliphatic hydroxyl groups is 2.